The molecule has 0 bridgehead atoms. The van der Waals surface area contributed by atoms with Gasteiger partial charge in [0, 0.05) is 38.8 Å². The second kappa shape index (κ2) is 13.1. The Labute approximate surface area is 216 Å². The van der Waals surface area contributed by atoms with Crippen molar-refractivity contribution in [3.05, 3.63) is 17.7 Å². The highest BCUT2D eigenvalue weighted by atomic mass is 16.5. The molecule has 1 aromatic heterocycles. The molecule has 198 valence electrons. The molecule has 9 heteroatoms. The molecule has 3 fully saturated rings. The summed E-state index contributed by atoms with van der Waals surface area (Å²) in [5, 5.41) is 28.8. The first-order chi connectivity index (χ1) is 17.6. The maximum atomic E-state index is 8.63. The van der Waals surface area contributed by atoms with Crippen LogP contribution in [0.1, 0.15) is 69.8 Å². The van der Waals surface area contributed by atoms with Crippen LogP contribution in [0.4, 0.5) is 11.6 Å². The van der Waals surface area contributed by atoms with Crippen LogP contribution in [0.2, 0.25) is 0 Å². The molecule has 3 saturated heterocycles. The van der Waals surface area contributed by atoms with Gasteiger partial charge in [-0.15, -0.1) is 0 Å². The zero-order valence-electron chi connectivity index (χ0n) is 21.9. The number of rotatable bonds is 8. The Morgan fingerprint density at radius 1 is 0.889 bits per heavy atom. The Morgan fingerprint density at radius 2 is 1.56 bits per heavy atom. The van der Waals surface area contributed by atoms with Crippen molar-refractivity contribution in [3.63, 3.8) is 0 Å². The molecular formula is C27H44N8O. The van der Waals surface area contributed by atoms with Crippen LogP contribution in [0.5, 0.6) is 0 Å². The van der Waals surface area contributed by atoms with E-state index in [9.17, 15) is 0 Å². The van der Waals surface area contributed by atoms with Crippen LogP contribution in [0.15, 0.2) is 12.1 Å². The van der Waals surface area contributed by atoms with E-state index < -0.39 is 0 Å². The van der Waals surface area contributed by atoms with E-state index >= 15 is 0 Å². The highest BCUT2D eigenvalue weighted by Crippen LogP contribution is 2.24. The second-order valence-electron chi connectivity index (χ2n) is 10.3. The normalized spacial score (nSPS) is 22.0. The minimum atomic E-state index is -0.291. The first-order valence-electron chi connectivity index (χ1n) is 13.9. The number of pyridine rings is 1. The van der Waals surface area contributed by atoms with Crippen LogP contribution in [0.3, 0.4) is 0 Å². The van der Waals surface area contributed by atoms with E-state index in [2.05, 4.69) is 20.0 Å². The molecule has 9 nitrogen and oxygen atoms in total. The van der Waals surface area contributed by atoms with Crippen LogP contribution in [0.25, 0.3) is 0 Å². The first kappa shape index (κ1) is 26.5. The lowest BCUT2D eigenvalue weighted by Crippen LogP contribution is -2.43. The minimum absolute atomic E-state index is 0.0475. The molecule has 4 heterocycles. The monoisotopic (exact) mass is 496 g/mol. The molecule has 0 amide bonds. The summed E-state index contributed by atoms with van der Waals surface area (Å²) in [6, 6.07) is 3.70. The molecule has 0 saturated carbocycles. The predicted molar refractivity (Wildman–Crippen MR) is 147 cm³/mol. The summed E-state index contributed by atoms with van der Waals surface area (Å²) in [4.78, 5) is 11.9. The van der Waals surface area contributed by atoms with Gasteiger partial charge >= 0.3 is 0 Å². The lowest BCUT2D eigenvalue weighted by atomic mass is 10.1. The molecule has 3 aliphatic rings. The molecule has 1 aromatic rings. The van der Waals surface area contributed by atoms with Gasteiger partial charge in [-0.3, -0.25) is 21.1 Å². The van der Waals surface area contributed by atoms with Crippen molar-refractivity contribution >= 4 is 29.1 Å². The third-order valence-electron chi connectivity index (χ3n) is 7.82. The van der Waals surface area contributed by atoms with Crippen molar-refractivity contribution in [3.8, 4) is 0 Å². The maximum Gasteiger partial charge on any atom is 0.239 e. The zero-order valence-corrected chi connectivity index (χ0v) is 21.9. The SMILES string of the molecule is CNc1nc(N2CCCCCCC2)ccc1C(=N)C(=N)OC(=N)[C@@H]1CCCN1CCN1CCCCC1. The number of hydrogen-bond acceptors (Lipinski definition) is 9. The van der Waals surface area contributed by atoms with Crippen LogP contribution >= 0.6 is 0 Å². The number of piperidine rings is 1. The molecule has 4 N–H and O–H groups in total. The Bertz CT molecular complexity index is 905. The van der Waals surface area contributed by atoms with Crippen molar-refractivity contribution in [2.75, 3.05) is 63.1 Å². The summed E-state index contributed by atoms with van der Waals surface area (Å²) in [5.74, 6) is 1.27. The summed E-state index contributed by atoms with van der Waals surface area (Å²) in [5.41, 5.74) is 0.480. The third-order valence-corrected chi connectivity index (χ3v) is 7.82. The Morgan fingerprint density at radius 3 is 2.28 bits per heavy atom. The fourth-order valence-corrected chi connectivity index (χ4v) is 5.69. The fraction of sp³-hybridized carbons (Fsp3) is 0.704. The van der Waals surface area contributed by atoms with Crippen molar-refractivity contribution in [1.29, 1.82) is 16.2 Å². The summed E-state index contributed by atoms with van der Waals surface area (Å²) in [7, 11) is 1.79. The number of hydrogen-bond donors (Lipinski definition) is 4. The number of likely N-dealkylation sites (tertiary alicyclic amines) is 2. The third kappa shape index (κ3) is 6.82. The topological polar surface area (TPSA) is 115 Å². The maximum absolute atomic E-state index is 8.63. The highest BCUT2D eigenvalue weighted by molar-refractivity contribution is 6.45. The summed E-state index contributed by atoms with van der Waals surface area (Å²) < 4.78 is 5.67. The van der Waals surface area contributed by atoms with E-state index in [0.717, 1.165) is 51.4 Å². The molecule has 0 aliphatic carbocycles. The second-order valence-corrected chi connectivity index (χ2v) is 10.3. The standard InChI is InChI=1S/C27H44N8O/c1-31-27-21(12-13-23(32-27)35-16-8-3-2-4-9-17-35)24(28)26(30)36-25(29)22-11-10-18-34(22)20-19-33-14-6-5-7-15-33/h12-13,22,28-30H,2-11,14-20H2,1H3,(H,31,32)/t22-/m0/s1. The van der Waals surface area contributed by atoms with Gasteiger partial charge in [-0.1, -0.05) is 25.7 Å². The molecule has 3 aliphatic heterocycles. The van der Waals surface area contributed by atoms with E-state index in [1.54, 1.807) is 7.05 Å². The van der Waals surface area contributed by atoms with E-state index in [4.69, 9.17) is 25.9 Å². The number of nitrogens with one attached hydrogen (secondary N) is 4. The Balaban J connectivity index is 1.35. The molecule has 0 radical (unpaired) electrons. The predicted octanol–water partition coefficient (Wildman–Crippen LogP) is 4.18. The van der Waals surface area contributed by atoms with Crippen molar-refractivity contribution < 1.29 is 4.74 Å². The van der Waals surface area contributed by atoms with Gasteiger partial charge < -0.3 is 19.9 Å². The van der Waals surface area contributed by atoms with Gasteiger partial charge in [-0.25, -0.2) is 4.98 Å². The molecule has 0 unspecified atom stereocenters. The van der Waals surface area contributed by atoms with Crippen LogP contribution < -0.4 is 10.2 Å². The van der Waals surface area contributed by atoms with Gasteiger partial charge in [0.1, 0.15) is 17.3 Å². The van der Waals surface area contributed by atoms with E-state index in [0.29, 0.717) is 11.4 Å². The largest absolute Gasteiger partial charge is 0.422 e. The molecule has 0 spiro atoms. The number of aromatic nitrogens is 1. The smallest absolute Gasteiger partial charge is 0.239 e. The lowest BCUT2D eigenvalue weighted by Gasteiger charge is -2.30. The molecule has 0 aromatic carbocycles. The van der Waals surface area contributed by atoms with Gasteiger partial charge in [0.2, 0.25) is 11.8 Å². The van der Waals surface area contributed by atoms with Crippen molar-refractivity contribution in [2.45, 2.75) is 70.3 Å². The highest BCUT2D eigenvalue weighted by Gasteiger charge is 2.31. The van der Waals surface area contributed by atoms with E-state index in [-0.39, 0.29) is 23.5 Å². The molecule has 36 heavy (non-hydrogen) atoms. The molecule has 4 rings (SSSR count). The van der Waals surface area contributed by atoms with Crippen LogP contribution in [-0.2, 0) is 4.74 Å². The summed E-state index contributed by atoms with van der Waals surface area (Å²) in [6.07, 6.45) is 12.0. The van der Waals surface area contributed by atoms with E-state index in [1.165, 1.54) is 64.5 Å². The van der Waals surface area contributed by atoms with Crippen LogP contribution in [-0.4, -0.2) is 91.2 Å². The Kier molecular flexibility index (Phi) is 9.69. The minimum Gasteiger partial charge on any atom is -0.422 e. The van der Waals surface area contributed by atoms with Gasteiger partial charge in [0.05, 0.1) is 6.04 Å². The number of anilines is 2. The van der Waals surface area contributed by atoms with Crippen molar-refractivity contribution in [1.82, 2.24) is 14.8 Å². The van der Waals surface area contributed by atoms with Gasteiger partial charge in [-0.05, 0) is 70.3 Å². The fourth-order valence-electron chi connectivity index (χ4n) is 5.69. The lowest BCUT2D eigenvalue weighted by molar-refractivity contribution is 0.184. The van der Waals surface area contributed by atoms with Gasteiger partial charge in [-0.2, -0.15) is 0 Å². The summed E-state index contributed by atoms with van der Waals surface area (Å²) in [6.45, 7) is 7.25. The van der Waals surface area contributed by atoms with Crippen LogP contribution in [0, 0.1) is 16.2 Å². The molecular weight excluding hydrogens is 452 g/mol. The van der Waals surface area contributed by atoms with Crippen molar-refractivity contribution in [2.24, 2.45) is 0 Å². The van der Waals surface area contributed by atoms with Gasteiger partial charge in [0.25, 0.3) is 0 Å². The zero-order chi connectivity index (χ0) is 25.3. The average Bonchev–Trinajstić information content (AvgIpc) is 3.36. The van der Waals surface area contributed by atoms with E-state index in [1.807, 2.05) is 12.1 Å². The average molecular weight is 497 g/mol. The molecule has 1 atom stereocenters. The number of nitrogens with zero attached hydrogens (tertiary/aromatic N) is 4. The van der Waals surface area contributed by atoms with Gasteiger partial charge in [0.15, 0.2) is 0 Å². The first-order valence-corrected chi connectivity index (χ1v) is 13.9. The number of ether oxygens (including phenoxy) is 1. The summed E-state index contributed by atoms with van der Waals surface area (Å²) >= 11 is 0. The Hall–Kier alpha value is -2.52. The quantitative estimate of drug-likeness (QED) is 0.317.